The number of nitrogens with zero attached hydrogens (tertiary/aromatic N) is 2. The molecule has 3 aromatic rings. The standard InChI is InChI=1S/C22H20ClN3O4/c1-4-29-19-10-14(9-16(23)21(19)30-12-20(27)28-3)8-15(11-24)22-25-17-6-5-13(2)7-18(17)26-22/h5-10H,4,12H2,1-3H3,(H,25,26)/b15-8-. The minimum absolute atomic E-state index is 0.235. The van der Waals surface area contributed by atoms with Crippen LogP contribution in [-0.4, -0.2) is 36.3 Å². The molecule has 0 saturated heterocycles. The number of aromatic nitrogens is 2. The number of fused-ring (bicyclic) bond motifs is 1. The molecule has 0 fully saturated rings. The second kappa shape index (κ2) is 9.33. The first-order valence-electron chi connectivity index (χ1n) is 9.19. The molecule has 0 aliphatic heterocycles. The van der Waals surface area contributed by atoms with E-state index in [4.69, 9.17) is 21.1 Å². The van der Waals surface area contributed by atoms with Crippen LogP contribution in [0, 0.1) is 18.3 Å². The maximum atomic E-state index is 11.4. The fourth-order valence-corrected chi connectivity index (χ4v) is 3.11. The van der Waals surface area contributed by atoms with Crippen LogP contribution in [0.5, 0.6) is 11.5 Å². The number of hydrogen-bond donors (Lipinski definition) is 1. The summed E-state index contributed by atoms with van der Waals surface area (Å²) in [6.07, 6.45) is 1.66. The van der Waals surface area contributed by atoms with Crippen LogP contribution in [0.4, 0.5) is 0 Å². The molecule has 30 heavy (non-hydrogen) atoms. The number of H-pyrrole nitrogens is 1. The molecule has 0 amide bonds. The fraction of sp³-hybridized carbons (Fsp3) is 0.227. The lowest BCUT2D eigenvalue weighted by molar-refractivity contribution is -0.142. The van der Waals surface area contributed by atoms with Gasteiger partial charge in [-0.3, -0.25) is 0 Å². The normalized spacial score (nSPS) is 11.2. The molecule has 1 heterocycles. The van der Waals surface area contributed by atoms with E-state index >= 15 is 0 Å². The highest BCUT2D eigenvalue weighted by Crippen LogP contribution is 2.37. The van der Waals surface area contributed by atoms with Crippen LogP contribution in [0.2, 0.25) is 5.02 Å². The Morgan fingerprint density at radius 1 is 1.30 bits per heavy atom. The average Bonchev–Trinajstić information content (AvgIpc) is 3.14. The summed E-state index contributed by atoms with van der Waals surface area (Å²) in [5.41, 5.74) is 3.69. The van der Waals surface area contributed by atoms with Crippen molar-refractivity contribution >= 4 is 40.3 Å². The van der Waals surface area contributed by atoms with Crippen molar-refractivity contribution in [3.63, 3.8) is 0 Å². The number of aromatic amines is 1. The Kier molecular flexibility index (Phi) is 6.60. The quantitative estimate of drug-likeness (QED) is 0.441. The van der Waals surface area contributed by atoms with Gasteiger partial charge in [0.25, 0.3) is 0 Å². The molecular weight excluding hydrogens is 406 g/mol. The predicted octanol–water partition coefficient (Wildman–Crippen LogP) is 4.54. The summed E-state index contributed by atoms with van der Waals surface area (Å²) in [7, 11) is 1.27. The molecule has 2 aromatic carbocycles. The number of aryl methyl sites for hydroxylation is 1. The highest BCUT2D eigenvalue weighted by atomic mass is 35.5. The number of ether oxygens (including phenoxy) is 3. The van der Waals surface area contributed by atoms with E-state index in [0.29, 0.717) is 29.3 Å². The number of benzene rings is 2. The Balaban J connectivity index is 1.99. The first-order chi connectivity index (χ1) is 14.4. The van der Waals surface area contributed by atoms with Crippen LogP contribution in [0.1, 0.15) is 23.9 Å². The van der Waals surface area contributed by atoms with E-state index in [9.17, 15) is 10.1 Å². The summed E-state index contributed by atoms with van der Waals surface area (Å²) in [4.78, 5) is 19.0. The van der Waals surface area contributed by atoms with Gasteiger partial charge in [0.15, 0.2) is 18.1 Å². The van der Waals surface area contributed by atoms with Gasteiger partial charge in [-0.25, -0.2) is 9.78 Å². The molecule has 8 heteroatoms. The lowest BCUT2D eigenvalue weighted by Gasteiger charge is -2.14. The summed E-state index contributed by atoms with van der Waals surface area (Å²) in [5, 5.41) is 9.92. The fourth-order valence-electron chi connectivity index (χ4n) is 2.84. The molecule has 0 atom stereocenters. The van der Waals surface area contributed by atoms with Crippen molar-refractivity contribution in [1.29, 1.82) is 5.26 Å². The highest BCUT2D eigenvalue weighted by Gasteiger charge is 2.15. The molecule has 0 radical (unpaired) electrons. The van der Waals surface area contributed by atoms with Crippen molar-refractivity contribution in [2.24, 2.45) is 0 Å². The molecule has 0 unspecified atom stereocenters. The lowest BCUT2D eigenvalue weighted by atomic mass is 10.1. The Hall–Kier alpha value is -3.50. The second-order valence-electron chi connectivity index (χ2n) is 6.40. The molecule has 0 spiro atoms. The van der Waals surface area contributed by atoms with E-state index < -0.39 is 5.97 Å². The zero-order valence-corrected chi connectivity index (χ0v) is 17.5. The maximum Gasteiger partial charge on any atom is 0.343 e. The number of hydrogen-bond acceptors (Lipinski definition) is 6. The number of rotatable bonds is 7. The van der Waals surface area contributed by atoms with Crippen LogP contribution >= 0.6 is 11.6 Å². The van der Waals surface area contributed by atoms with E-state index in [1.54, 1.807) is 18.2 Å². The number of esters is 1. The van der Waals surface area contributed by atoms with Crippen LogP contribution in [0.25, 0.3) is 22.7 Å². The smallest absolute Gasteiger partial charge is 0.343 e. The monoisotopic (exact) mass is 425 g/mol. The van der Waals surface area contributed by atoms with Crippen molar-refractivity contribution in [3.8, 4) is 17.6 Å². The number of carbonyl (C=O) groups excluding carboxylic acids is 1. The second-order valence-corrected chi connectivity index (χ2v) is 6.81. The third-order valence-electron chi connectivity index (χ3n) is 4.22. The number of nitriles is 1. The number of allylic oxidation sites excluding steroid dienone is 1. The molecule has 7 nitrogen and oxygen atoms in total. The summed E-state index contributed by atoms with van der Waals surface area (Å²) < 4.78 is 15.6. The number of methoxy groups -OCH3 is 1. The lowest BCUT2D eigenvalue weighted by Crippen LogP contribution is -2.13. The average molecular weight is 426 g/mol. The Morgan fingerprint density at radius 3 is 2.80 bits per heavy atom. The largest absolute Gasteiger partial charge is 0.490 e. The molecule has 1 aromatic heterocycles. The van der Waals surface area contributed by atoms with Gasteiger partial charge >= 0.3 is 5.97 Å². The van der Waals surface area contributed by atoms with Gasteiger partial charge in [-0.1, -0.05) is 17.7 Å². The van der Waals surface area contributed by atoms with E-state index in [1.807, 2.05) is 32.0 Å². The zero-order chi connectivity index (χ0) is 21.7. The van der Waals surface area contributed by atoms with E-state index in [-0.39, 0.29) is 17.4 Å². The number of carbonyl (C=O) groups is 1. The highest BCUT2D eigenvalue weighted by molar-refractivity contribution is 6.32. The van der Waals surface area contributed by atoms with Crippen LogP contribution in [0.15, 0.2) is 30.3 Å². The van der Waals surface area contributed by atoms with Crippen molar-refractivity contribution in [2.75, 3.05) is 20.3 Å². The first-order valence-corrected chi connectivity index (χ1v) is 9.57. The molecule has 154 valence electrons. The van der Waals surface area contributed by atoms with Crippen LogP contribution < -0.4 is 9.47 Å². The Labute approximate surface area is 178 Å². The van der Waals surface area contributed by atoms with Crippen molar-refractivity contribution < 1.29 is 19.0 Å². The molecule has 1 N–H and O–H groups in total. The molecule has 0 bridgehead atoms. The summed E-state index contributed by atoms with van der Waals surface area (Å²) in [6.45, 7) is 3.87. The minimum atomic E-state index is -0.538. The van der Waals surface area contributed by atoms with Gasteiger partial charge in [-0.2, -0.15) is 5.26 Å². The summed E-state index contributed by atoms with van der Waals surface area (Å²) in [6, 6.07) is 11.3. The number of halogens is 1. The van der Waals surface area contributed by atoms with Crippen molar-refractivity contribution in [3.05, 3.63) is 52.3 Å². The topological polar surface area (TPSA) is 97.2 Å². The molecule has 0 aliphatic carbocycles. The molecule has 0 saturated carbocycles. The molecule has 3 rings (SSSR count). The van der Waals surface area contributed by atoms with Gasteiger partial charge in [-0.15, -0.1) is 0 Å². The predicted molar refractivity (Wildman–Crippen MR) is 114 cm³/mol. The van der Waals surface area contributed by atoms with Crippen LogP contribution in [-0.2, 0) is 9.53 Å². The van der Waals surface area contributed by atoms with E-state index in [1.165, 1.54) is 7.11 Å². The molecule has 0 aliphatic rings. The summed E-state index contributed by atoms with van der Waals surface area (Å²) >= 11 is 6.36. The third kappa shape index (κ3) is 4.73. The minimum Gasteiger partial charge on any atom is -0.490 e. The van der Waals surface area contributed by atoms with Gasteiger partial charge in [0, 0.05) is 0 Å². The maximum absolute atomic E-state index is 11.4. The van der Waals surface area contributed by atoms with E-state index in [2.05, 4.69) is 20.8 Å². The van der Waals surface area contributed by atoms with Gasteiger partial charge in [-0.05, 0) is 55.3 Å². The Morgan fingerprint density at radius 2 is 2.10 bits per heavy atom. The van der Waals surface area contributed by atoms with Crippen molar-refractivity contribution in [2.45, 2.75) is 13.8 Å². The first kappa shape index (κ1) is 21.2. The third-order valence-corrected chi connectivity index (χ3v) is 4.50. The number of imidazole rings is 1. The number of nitrogens with one attached hydrogen (secondary N) is 1. The Bertz CT molecular complexity index is 1160. The summed E-state index contributed by atoms with van der Waals surface area (Å²) in [5.74, 6) is 0.513. The van der Waals surface area contributed by atoms with Gasteiger partial charge in [0.2, 0.25) is 0 Å². The van der Waals surface area contributed by atoms with Gasteiger partial charge in [0.05, 0.1) is 35.3 Å². The van der Waals surface area contributed by atoms with Crippen molar-refractivity contribution in [1.82, 2.24) is 9.97 Å². The van der Waals surface area contributed by atoms with E-state index in [0.717, 1.165) is 16.6 Å². The molecular formula is C22H20ClN3O4. The van der Waals surface area contributed by atoms with Gasteiger partial charge < -0.3 is 19.2 Å². The van der Waals surface area contributed by atoms with Crippen LogP contribution in [0.3, 0.4) is 0 Å². The SMILES string of the molecule is CCOc1cc(/C=C(/C#N)c2nc3ccc(C)cc3[nH]2)cc(Cl)c1OCC(=O)OC. The zero-order valence-electron chi connectivity index (χ0n) is 16.8. The van der Waals surface area contributed by atoms with Gasteiger partial charge in [0.1, 0.15) is 11.9 Å².